The molecule has 1 aromatic carbocycles. The SMILES string of the molecule is CCC(SC(C)CCO)C(NC)c1ccccc1. The van der Waals surface area contributed by atoms with Crippen LogP contribution >= 0.6 is 11.8 Å². The van der Waals surface area contributed by atoms with Crippen LogP contribution in [-0.4, -0.2) is 29.3 Å². The fourth-order valence-electron chi connectivity index (χ4n) is 2.19. The Bertz CT molecular complexity index is 318. The first-order valence-corrected chi connectivity index (χ1v) is 7.65. The first-order valence-electron chi connectivity index (χ1n) is 6.71. The smallest absolute Gasteiger partial charge is 0.0441 e. The molecule has 3 unspecified atom stereocenters. The average molecular weight is 267 g/mol. The lowest BCUT2D eigenvalue weighted by Crippen LogP contribution is -2.28. The summed E-state index contributed by atoms with van der Waals surface area (Å²) in [4.78, 5) is 0. The number of nitrogens with one attached hydrogen (secondary N) is 1. The van der Waals surface area contributed by atoms with Crippen molar-refractivity contribution >= 4 is 11.8 Å². The molecule has 2 nitrogen and oxygen atoms in total. The second-order valence-electron chi connectivity index (χ2n) is 4.58. The quantitative estimate of drug-likeness (QED) is 0.758. The van der Waals surface area contributed by atoms with Crippen LogP contribution in [0.25, 0.3) is 0 Å². The van der Waals surface area contributed by atoms with Gasteiger partial charge in [-0.2, -0.15) is 11.8 Å². The Morgan fingerprint density at radius 3 is 2.44 bits per heavy atom. The molecule has 102 valence electrons. The van der Waals surface area contributed by atoms with E-state index in [1.807, 2.05) is 18.8 Å². The molecule has 0 heterocycles. The van der Waals surface area contributed by atoms with E-state index in [2.05, 4.69) is 49.5 Å². The number of aliphatic hydroxyl groups excluding tert-OH is 1. The molecule has 0 spiro atoms. The number of rotatable bonds is 8. The summed E-state index contributed by atoms with van der Waals surface area (Å²) in [5.41, 5.74) is 1.34. The molecule has 0 amide bonds. The van der Waals surface area contributed by atoms with E-state index in [0.717, 1.165) is 12.8 Å². The molecule has 1 rings (SSSR count). The van der Waals surface area contributed by atoms with E-state index in [0.29, 0.717) is 16.5 Å². The lowest BCUT2D eigenvalue weighted by Gasteiger charge is -2.28. The van der Waals surface area contributed by atoms with Crippen LogP contribution in [0.4, 0.5) is 0 Å². The third-order valence-corrected chi connectivity index (χ3v) is 4.84. The molecule has 0 radical (unpaired) electrons. The number of aliphatic hydroxyl groups is 1. The van der Waals surface area contributed by atoms with Gasteiger partial charge in [0.05, 0.1) is 0 Å². The summed E-state index contributed by atoms with van der Waals surface area (Å²) in [7, 11) is 2.03. The van der Waals surface area contributed by atoms with Crippen LogP contribution in [-0.2, 0) is 0 Å². The molecule has 2 N–H and O–H groups in total. The Labute approximate surface area is 115 Å². The number of thioether (sulfide) groups is 1. The zero-order chi connectivity index (χ0) is 13.4. The van der Waals surface area contributed by atoms with Crippen LogP contribution in [0.2, 0.25) is 0 Å². The molecule has 0 aliphatic heterocycles. The highest BCUT2D eigenvalue weighted by Gasteiger charge is 2.22. The van der Waals surface area contributed by atoms with E-state index in [1.54, 1.807) is 0 Å². The zero-order valence-corrected chi connectivity index (χ0v) is 12.4. The first-order chi connectivity index (χ1) is 8.72. The molecule has 3 heteroatoms. The van der Waals surface area contributed by atoms with Crippen molar-refractivity contribution in [2.45, 2.75) is 43.2 Å². The second-order valence-corrected chi connectivity index (χ2v) is 6.27. The fraction of sp³-hybridized carbons (Fsp3) is 0.600. The molecule has 0 saturated carbocycles. The molecule has 0 aliphatic carbocycles. The van der Waals surface area contributed by atoms with Crippen molar-refractivity contribution in [3.05, 3.63) is 35.9 Å². The largest absolute Gasteiger partial charge is 0.396 e. The number of hydrogen-bond acceptors (Lipinski definition) is 3. The summed E-state index contributed by atoms with van der Waals surface area (Å²) in [6.07, 6.45) is 1.99. The van der Waals surface area contributed by atoms with Crippen molar-refractivity contribution in [1.82, 2.24) is 5.32 Å². The van der Waals surface area contributed by atoms with Crippen LogP contribution in [0.3, 0.4) is 0 Å². The molecule has 0 bridgehead atoms. The molecule has 1 aromatic rings. The monoisotopic (exact) mass is 267 g/mol. The summed E-state index contributed by atoms with van der Waals surface area (Å²) >= 11 is 1.97. The minimum absolute atomic E-state index is 0.278. The highest BCUT2D eigenvalue weighted by atomic mass is 32.2. The van der Waals surface area contributed by atoms with E-state index >= 15 is 0 Å². The van der Waals surface area contributed by atoms with Crippen molar-refractivity contribution in [2.75, 3.05) is 13.7 Å². The van der Waals surface area contributed by atoms with E-state index < -0.39 is 0 Å². The van der Waals surface area contributed by atoms with Gasteiger partial charge in [-0.1, -0.05) is 44.2 Å². The summed E-state index contributed by atoms with van der Waals surface area (Å²) in [5, 5.41) is 13.5. The van der Waals surface area contributed by atoms with Gasteiger partial charge in [-0.25, -0.2) is 0 Å². The van der Waals surface area contributed by atoms with Gasteiger partial charge >= 0.3 is 0 Å². The maximum Gasteiger partial charge on any atom is 0.0441 e. The molecule has 0 saturated heterocycles. The topological polar surface area (TPSA) is 32.3 Å². The second kappa shape index (κ2) is 8.57. The van der Waals surface area contributed by atoms with E-state index in [-0.39, 0.29) is 6.61 Å². The van der Waals surface area contributed by atoms with Crippen molar-refractivity contribution in [1.29, 1.82) is 0 Å². The molecular formula is C15H25NOS. The van der Waals surface area contributed by atoms with Gasteiger partial charge in [0.25, 0.3) is 0 Å². The van der Waals surface area contributed by atoms with Gasteiger partial charge in [0, 0.05) is 23.1 Å². The maximum atomic E-state index is 9.01. The average Bonchev–Trinajstić information content (AvgIpc) is 2.40. The van der Waals surface area contributed by atoms with E-state index in [1.165, 1.54) is 5.56 Å². The summed E-state index contributed by atoms with van der Waals surface area (Å²) in [5.74, 6) is 0. The standard InChI is InChI=1S/C15H25NOS/c1-4-14(18-12(2)10-11-17)15(16-3)13-8-6-5-7-9-13/h5-9,12,14-17H,4,10-11H2,1-3H3. The van der Waals surface area contributed by atoms with Gasteiger partial charge < -0.3 is 10.4 Å². The highest BCUT2D eigenvalue weighted by Crippen LogP contribution is 2.32. The lowest BCUT2D eigenvalue weighted by atomic mass is 10.0. The summed E-state index contributed by atoms with van der Waals surface area (Å²) < 4.78 is 0. The van der Waals surface area contributed by atoms with Gasteiger partial charge in [-0.05, 0) is 25.5 Å². The van der Waals surface area contributed by atoms with Gasteiger partial charge in [-0.3, -0.25) is 0 Å². The Hall–Kier alpha value is -0.510. The molecule has 18 heavy (non-hydrogen) atoms. The van der Waals surface area contributed by atoms with E-state index in [4.69, 9.17) is 5.11 Å². The first kappa shape index (κ1) is 15.5. The summed E-state index contributed by atoms with van der Waals surface area (Å²) in [6, 6.07) is 11.0. The van der Waals surface area contributed by atoms with Crippen LogP contribution in [0, 0.1) is 0 Å². The van der Waals surface area contributed by atoms with E-state index in [9.17, 15) is 0 Å². The molecule has 0 aliphatic rings. The Balaban J connectivity index is 2.72. The number of hydrogen-bond donors (Lipinski definition) is 2. The molecule has 0 aromatic heterocycles. The third kappa shape index (κ3) is 4.63. The number of benzene rings is 1. The predicted octanol–water partition coefficient (Wildman–Crippen LogP) is 3.23. The van der Waals surface area contributed by atoms with Crippen molar-refractivity contribution < 1.29 is 5.11 Å². The van der Waals surface area contributed by atoms with Crippen molar-refractivity contribution in [2.24, 2.45) is 0 Å². The van der Waals surface area contributed by atoms with Crippen LogP contribution < -0.4 is 5.32 Å². The van der Waals surface area contributed by atoms with Gasteiger partial charge in [0.2, 0.25) is 0 Å². The summed E-state index contributed by atoms with van der Waals surface area (Å²) in [6.45, 7) is 4.71. The fourth-order valence-corrected chi connectivity index (χ4v) is 3.67. The Morgan fingerprint density at radius 2 is 1.94 bits per heavy atom. The lowest BCUT2D eigenvalue weighted by molar-refractivity contribution is 0.288. The van der Waals surface area contributed by atoms with Gasteiger partial charge in [0.15, 0.2) is 0 Å². The normalized spacial score (nSPS) is 16.2. The predicted molar refractivity (Wildman–Crippen MR) is 81.1 cm³/mol. The Morgan fingerprint density at radius 1 is 1.28 bits per heavy atom. The van der Waals surface area contributed by atoms with Crippen molar-refractivity contribution in [3.8, 4) is 0 Å². The third-order valence-electron chi connectivity index (χ3n) is 3.19. The maximum absolute atomic E-state index is 9.01. The molecule has 3 atom stereocenters. The van der Waals surface area contributed by atoms with Gasteiger partial charge in [-0.15, -0.1) is 0 Å². The Kier molecular flexibility index (Phi) is 7.40. The minimum atomic E-state index is 0.278. The van der Waals surface area contributed by atoms with Crippen LogP contribution in [0.5, 0.6) is 0 Å². The zero-order valence-electron chi connectivity index (χ0n) is 11.6. The minimum Gasteiger partial charge on any atom is -0.396 e. The molecular weight excluding hydrogens is 242 g/mol. The van der Waals surface area contributed by atoms with Crippen molar-refractivity contribution in [3.63, 3.8) is 0 Å². The molecule has 0 fully saturated rings. The van der Waals surface area contributed by atoms with Crippen LogP contribution in [0.1, 0.15) is 38.3 Å². The highest BCUT2D eigenvalue weighted by molar-refractivity contribution is 8.00. The van der Waals surface area contributed by atoms with Gasteiger partial charge in [0.1, 0.15) is 0 Å². The van der Waals surface area contributed by atoms with Crippen LogP contribution in [0.15, 0.2) is 30.3 Å².